The van der Waals surface area contributed by atoms with Crippen molar-refractivity contribution < 1.29 is 14.4 Å². The predicted octanol–water partition coefficient (Wildman–Crippen LogP) is 2.33. The number of anilines is 1. The highest BCUT2D eigenvalue weighted by Gasteiger charge is 2.18. The van der Waals surface area contributed by atoms with Crippen LogP contribution >= 0.6 is 0 Å². The second-order valence-corrected chi connectivity index (χ2v) is 7.32. The van der Waals surface area contributed by atoms with Gasteiger partial charge < -0.3 is 10.6 Å². The molecule has 3 N–H and O–H groups in total. The molecule has 0 spiro atoms. The molecule has 0 saturated heterocycles. The van der Waals surface area contributed by atoms with Crippen LogP contribution in [-0.4, -0.2) is 48.9 Å². The molecule has 1 aliphatic rings. The van der Waals surface area contributed by atoms with Crippen LogP contribution in [0.4, 0.5) is 10.5 Å². The van der Waals surface area contributed by atoms with Gasteiger partial charge in [-0.3, -0.25) is 19.8 Å². The van der Waals surface area contributed by atoms with E-state index in [0.29, 0.717) is 0 Å². The summed E-state index contributed by atoms with van der Waals surface area (Å²) in [4.78, 5) is 37.7. The number of likely N-dealkylation sites (N-methyl/N-ethyl adjacent to an activating group) is 1. The number of imide groups is 1. The van der Waals surface area contributed by atoms with E-state index in [-0.39, 0.29) is 25.0 Å². The monoisotopic (exact) mass is 374 g/mol. The smallest absolute Gasteiger partial charge is 0.321 e. The summed E-state index contributed by atoms with van der Waals surface area (Å²) >= 11 is 0. The summed E-state index contributed by atoms with van der Waals surface area (Å²) < 4.78 is 0. The Morgan fingerprint density at radius 3 is 2.41 bits per heavy atom. The lowest BCUT2D eigenvalue weighted by Crippen LogP contribution is -2.48. The van der Waals surface area contributed by atoms with Crippen LogP contribution in [0.25, 0.3) is 0 Å². The number of rotatable bonds is 6. The summed E-state index contributed by atoms with van der Waals surface area (Å²) in [6, 6.07) is 5.41. The summed E-state index contributed by atoms with van der Waals surface area (Å²) in [5, 5.41) is 8.03. The standard InChI is InChI=1S/C20H30N4O3/c1-14-8-7-11-17(15(14)2)22-18(25)12-24(3)13-19(26)23-20(27)21-16-9-5-4-6-10-16/h7-8,11,16H,4-6,9-10,12-13H2,1-3H3,(H,22,25)(H2,21,23,26,27). The lowest BCUT2D eigenvalue weighted by atomic mass is 9.96. The largest absolute Gasteiger partial charge is 0.335 e. The molecule has 1 aliphatic carbocycles. The second kappa shape index (κ2) is 10.1. The van der Waals surface area contributed by atoms with Crippen LogP contribution in [0.2, 0.25) is 0 Å². The van der Waals surface area contributed by atoms with Crippen LogP contribution < -0.4 is 16.0 Å². The van der Waals surface area contributed by atoms with E-state index in [0.717, 1.165) is 42.5 Å². The van der Waals surface area contributed by atoms with Crippen LogP contribution in [0.5, 0.6) is 0 Å². The maximum Gasteiger partial charge on any atom is 0.321 e. The first-order valence-corrected chi connectivity index (χ1v) is 9.50. The molecule has 1 aromatic carbocycles. The molecule has 0 bridgehead atoms. The zero-order chi connectivity index (χ0) is 19.8. The molecule has 0 aromatic heterocycles. The molecule has 0 aliphatic heterocycles. The van der Waals surface area contributed by atoms with Crippen molar-refractivity contribution in [3.63, 3.8) is 0 Å². The van der Waals surface area contributed by atoms with Gasteiger partial charge in [0.2, 0.25) is 11.8 Å². The number of nitrogens with zero attached hydrogens (tertiary/aromatic N) is 1. The van der Waals surface area contributed by atoms with Gasteiger partial charge in [0.1, 0.15) is 0 Å². The topological polar surface area (TPSA) is 90.5 Å². The quantitative estimate of drug-likeness (QED) is 0.713. The molecule has 148 valence electrons. The molecule has 0 unspecified atom stereocenters. The number of hydrogen-bond acceptors (Lipinski definition) is 4. The lowest BCUT2D eigenvalue weighted by molar-refractivity contribution is -0.122. The average molecular weight is 374 g/mol. The molecule has 7 nitrogen and oxygen atoms in total. The Bertz CT molecular complexity index is 684. The fraction of sp³-hybridized carbons (Fsp3) is 0.550. The van der Waals surface area contributed by atoms with Gasteiger partial charge in [0, 0.05) is 11.7 Å². The minimum atomic E-state index is -0.458. The van der Waals surface area contributed by atoms with Gasteiger partial charge in [-0.15, -0.1) is 0 Å². The van der Waals surface area contributed by atoms with Gasteiger partial charge in [-0.25, -0.2) is 4.79 Å². The first-order chi connectivity index (χ1) is 12.8. The van der Waals surface area contributed by atoms with Gasteiger partial charge in [0.15, 0.2) is 0 Å². The average Bonchev–Trinajstić information content (AvgIpc) is 2.59. The molecule has 0 heterocycles. The molecule has 0 radical (unpaired) electrons. The number of benzene rings is 1. The molecule has 4 amide bonds. The van der Waals surface area contributed by atoms with E-state index >= 15 is 0 Å². The van der Waals surface area contributed by atoms with Gasteiger partial charge in [-0.05, 0) is 50.9 Å². The maximum absolute atomic E-state index is 12.2. The number of hydrogen-bond donors (Lipinski definition) is 3. The molecular formula is C20H30N4O3. The van der Waals surface area contributed by atoms with Crippen molar-refractivity contribution in [3.8, 4) is 0 Å². The number of carbonyl (C=O) groups is 3. The molecule has 1 saturated carbocycles. The van der Waals surface area contributed by atoms with E-state index in [4.69, 9.17) is 0 Å². The number of amides is 4. The van der Waals surface area contributed by atoms with Crippen LogP contribution in [0.15, 0.2) is 18.2 Å². The number of urea groups is 1. The number of aryl methyl sites for hydroxylation is 1. The highest BCUT2D eigenvalue weighted by Crippen LogP contribution is 2.18. The highest BCUT2D eigenvalue weighted by atomic mass is 16.2. The van der Waals surface area contributed by atoms with E-state index in [9.17, 15) is 14.4 Å². The Kier molecular flexibility index (Phi) is 7.79. The van der Waals surface area contributed by atoms with Crippen molar-refractivity contribution in [2.24, 2.45) is 0 Å². The SMILES string of the molecule is Cc1cccc(NC(=O)CN(C)CC(=O)NC(=O)NC2CCCCC2)c1C. The number of carbonyl (C=O) groups excluding carboxylic acids is 3. The van der Waals surface area contributed by atoms with E-state index in [2.05, 4.69) is 16.0 Å². The summed E-state index contributed by atoms with van der Waals surface area (Å²) in [5.41, 5.74) is 2.89. The van der Waals surface area contributed by atoms with Crippen molar-refractivity contribution in [2.75, 3.05) is 25.5 Å². The van der Waals surface area contributed by atoms with Crippen LogP contribution in [0, 0.1) is 13.8 Å². The predicted molar refractivity (Wildman–Crippen MR) is 106 cm³/mol. The van der Waals surface area contributed by atoms with E-state index in [1.807, 2.05) is 32.0 Å². The zero-order valence-corrected chi connectivity index (χ0v) is 16.4. The molecule has 1 fully saturated rings. The van der Waals surface area contributed by atoms with Gasteiger partial charge in [-0.1, -0.05) is 31.4 Å². The van der Waals surface area contributed by atoms with Crippen molar-refractivity contribution in [1.29, 1.82) is 0 Å². The van der Waals surface area contributed by atoms with Gasteiger partial charge in [-0.2, -0.15) is 0 Å². The maximum atomic E-state index is 12.2. The van der Waals surface area contributed by atoms with Gasteiger partial charge >= 0.3 is 6.03 Å². The van der Waals surface area contributed by atoms with Crippen molar-refractivity contribution >= 4 is 23.5 Å². The zero-order valence-electron chi connectivity index (χ0n) is 16.4. The van der Waals surface area contributed by atoms with Crippen LogP contribution in [0.3, 0.4) is 0 Å². The van der Waals surface area contributed by atoms with Crippen molar-refractivity contribution in [1.82, 2.24) is 15.5 Å². The third kappa shape index (κ3) is 7.02. The van der Waals surface area contributed by atoms with E-state index in [1.165, 1.54) is 6.42 Å². The molecule has 1 aromatic rings. The first kappa shape index (κ1) is 20.9. The summed E-state index contributed by atoms with van der Waals surface area (Å²) in [6.45, 7) is 3.97. The molecule has 7 heteroatoms. The summed E-state index contributed by atoms with van der Waals surface area (Å²) in [7, 11) is 1.67. The molecule has 2 rings (SSSR count). The Morgan fingerprint density at radius 2 is 1.70 bits per heavy atom. The fourth-order valence-corrected chi connectivity index (χ4v) is 3.26. The summed E-state index contributed by atoms with van der Waals surface area (Å²) in [6.07, 6.45) is 5.34. The first-order valence-electron chi connectivity index (χ1n) is 9.50. The summed E-state index contributed by atoms with van der Waals surface area (Å²) in [5.74, 6) is -0.629. The van der Waals surface area contributed by atoms with Crippen LogP contribution in [0.1, 0.15) is 43.2 Å². The van der Waals surface area contributed by atoms with E-state index < -0.39 is 11.9 Å². The number of nitrogens with one attached hydrogen (secondary N) is 3. The minimum Gasteiger partial charge on any atom is -0.335 e. The van der Waals surface area contributed by atoms with Crippen LogP contribution in [-0.2, 0) is 9.59 Å². The Morgan fingerprint density at radius 1 is 1.04 bits per heavy atom. The second-order valence-electron chi connectivity index (χ2n) is 7.32. The minimum absolute atomic E-state index is 0.0295. The highest BCUT2D eigenvalue weighted by molar-refractivity contribution is 5.96. The fourth-order valence-electron chi connectivity index (χ4n) is 3.26. The third-order valence-electron chi connectivity index (χ3n) is 4.90. The normalized spacial score (nSPS) is 14.7. The lowest BCUT2D eigenvalue weighted by Gasteiger charge is -2.23. The Balaban J connectivity index is 1.72. The van der Waals surface area contributed by atoms with Crippen molar-refractivity contribution in [2.45, 2.75) is 52.0 Å². The molecule has 27 heavy (non-hydrogen) atoms. The molecular weight excluding hydrogens is 344 g/mol. The van der Waals surface area contributed by atoms with E-state index in [1.54, 1.807) is 11.9 Å². The Labute approximate surface area is 160 Å². The molecule has 0 atom stereocenters. The third-order valence-corrected chi connectivity index (χ3v) is 4.90. The van der Waals surface area contributed by atoms with Crippen molar-refractivity contribution in [3.05, 3.63) is 29.3 Å². The van der Waals surface area contributed by atoms with Gasteiger partial charge in [0.25, 0.3) is 0 Å². The van der Waals surface area contributed by atoms with Gasteiger partial charge in [0.05, 0.1) is 13.1 Å². The Hall–Kier alpha value is -2.41.